The van der Waals surface area contributed by atoms with Gasteiger partial charge < -0.3 is 10.2 Å². The summed E-state index contributed by atoms with van der Waals surface area (Å²) in [6, 6.07) is 2.04. The molecule has 80 valence electrons. The summed E-state index contributed by atoms with van der Waals surface area (Å²) < 4.78 is 0. The van der Waals surface area contributed by atoms with E-state index in [0.29, 0.717) is 19.5 Å². The van der Waals surface area contributed by atoms with E-state index in [1.807, 2.05) is 26.8 Å². The zero-order valence-electron chi connectivity index (χ0n) is 9.42. The number of amides is 1. The van der Waals surface area contributed by atoms with Crippen molar-refractivity contribution in [1.82, 2.24) is 10.2 Å². The van der Waals surface area contributed by atoms with Crippen LogP contribution in [0.4, 0.5) is 0 Å². The van der Waals surface area contributed by atoms with E-state index >= 15 is 0 Å². The third kappa shape index (κ3) is 3.35. The summed E-state index contributed by atoms with van der Waals surface area (Å²) in [6.07, 6.45) is 0.388. The molecule has 0 aromatic heterocycles. The molecule has 0 spiro atoms. The molecule has 4 heteroatoms. The first-order valence-electron chi connectivity index (χ1n) is 4.84. The van der Waals surface area contributed by atoms with Crippen LogP contribution in [0.3, 0.4) is 0 Å². The van der Waals surface area contributed by atoms with Crippen LogP contribution in [0.1, 0.15) is 27.2 Å². The highest BCUT2D eigenvalue weighted by Gasteiger charge is 2.29. The molecular formula is C10H19N3O. The molecule has 0 heterocycles. The molecule has 1 N–H and O–H groups in total. The predicted molar refractivity (Wildman–Crippen MR) is 55.6 cm³/mol. The number of nitrogens with zero attached hydrogens (tertiary/aromatic N) is 2. The second-order valence-electron chi connectivity index (χ2n) is 3.67. The summed E-state index contributed by atoms with van der Waals surface area (Å²) >= 11 is 0. The molecule has 0 aliphatic carbocycles. The van der Waals surface area contributed by atoms with Crippen molar-refractivity contribution >= 4 is 5.91 Å². The smallest absolute Gasteiger partial charge is 0.242 e. The van der Waals surface area contributed by atoms with E-state index in [-0.39, 0.29) is 5.91 Å². The zero-order valence-corrected chi connectivity index (χ0v) is 9.42. The molecule has 0 aromatic rings. The minimum Gasteiger partial charge on any atom is -0.340 e. The second kappa shape index (κ2) is 5.61. The van der Waals surface area contributed by atoms with Gasteiger partial charge in [0.1, 0.15) is 0 Å². The van der Waals surface area contributed by atoms with Crippen LogP contribution in [0.5, 0.6) is 0 Å². The highest BCUT2D eigenvalue weighted by atomic mass is 16.2. The average molecular weight is 197 g/mol. The lowest BCUT2D eigenvalue weighted by Gasteiger charge is -2.30. The number of hydrogen-bond acceptors (Lipinski definition) is 3. The fraction of sp³-hybridized carbons (Fsp3) is 0.800. The molecule has 0 rings (SSSR count). The molecule has 0 aromatic carbocycles. The van der Waals surface area contributed by atoms with Crippen LogP contribution in [0.15, 0.2) is 0 Å². The third-order valence-electron chi connectivity index (χ3n) is 2.32. The summed E-state index contributed by atoms with van der Waals surface area (Å²) in [5.41, 5.74) is -0.550. The van der Waals surface area contributed by atoms with Gasteiger partial charge in [-0.3, -0.25) is 4.79 Å². The predicted octanol–water partition coefficient (Wildman–Crippen LogP) is 0.747. The Morgan fingerprint density at radius 2 is 2.14 bits per heavy atom. The molecule has 0 saturated heterocycles. The van der Waals surface area contributed by atoms with Gasteiger partial charge in [0, 0.05) is 13.1 Å². The molecule has 0 atom stereocenters. The van der Waals surface area contributed by atoms with E-state index in [1.165, 1.54) is 0 Å². The Morgan fingerprint density at radius 3 is 2.50 bits per heavy atom. The molecule has 0 aliphatic heterocycles. The number of likely N-dealkylation sites (N-methyl/N-ethyl adjacent to an activating group) is 2. The van der Waals surface area contributed by atoms with Crippen LogP contribution in [0.25, 0.3) is 0 Å². The first-order chi connectivity index (χ1) is 6.49. The normalized spacial score (nSPS) is 10.8. The molecule has 4 nitrogen and oxygen atoms in total. The van der Waals surface area contributed by atoms with E-state index in [9.17, 15) is 4.79 Å². The van der Waals surface area contributed by atoms with Gasteiger partial charge in [0.2, 0.25) is 5.91 Å². The lowest BCUT2D eigenvalue weighted by Crippen LogP contribution is -2.52. The molecule has 0 fully saturated rings. The largest absolute Gasteiger partial charge is 0.340 e. The van der Waals surface area contributed by atoms with Crippen LogP contribution < -0.4 is 5.32 Å². The zero-order chi connectivity index (χ0) is 11.2. The lowest BCUT2D eigenvalue weighted by molar-refractivity contribution is -0.136. The van der Waals surface area contributed by atoms with Crippen molar-refractivity contribution in [3.05, 3.63) is 0 Å². The summed E-state index contributed by atoms with van der Waals surface area (Å²) in [6.45, 7) is 6.75. The van der Waals surface area contributed by atoms with Crippen molar-refractivity contribution in [3.63, 3.8) is 0 Å². The first kappa shape index (κ1) is 12.9. The lowest BCUT2D eigenvalue weighted by atomic mass is 10.0. The van der Waals surface area contributed by atoms with Crippen LogP contribution in [-0.2, 0) is 4.79 Å². The van der Waals surface area contributed by atoms with Crippen molar-refractivity contribution < 1.29 is 4.79 Å². The Bertz CT molecular complexity index is 230. The summed E-state index contributed by atoms with van der Waals surface area (Å²) in [5.74, 6) is 0.0396. The van der Waals surface area contributed by atoms with Gasteiger partial charge in [-0.25, -0.2) is 0 Å². The van der Waals surface area contributed by atoms with Gasteiger partial charge in [0.25, 0.3) is 0 Å². The van der Waals surface area contributed by atoms with E-state index in [4.69, 9.17) is 5.26 Å². The van der Waals surface area contributed by atoms with Crippen LogP contribution in [-0.4, -0.2) is 36.5 Å². The van der Waals surface area contributed by atoms with Crippen LogP contribution >= 0.6 is 0 Å². The summed E-state index contributed by atoms with van der Waals surface area (Å²) in [7, 11) is 1.76. The highest BCUT2D eigenvalue weighted by molar-refractivity contribution is 5.85. The number of carbonyl (C=O) groups excluding carboxylic acids is 1. The fourth-order valence-electron chi connectivity index (χ4n) is 1.09. The Labute approximate surface area is 85.9 Å². The van der Waals surface area contributed by atoms with Gasteiger partial charge in [-0.1, -0.05) is 0 Å². The van der Waals surface area contributed by atoms with E-state index in [0.717, 1.165) is 0 Å². The molecule has 0 bridgehead atoms. The van der Waals surface area contributed by atoms with Gasteiger partial charge in [-0.2, -0.15) is 5.26 Å². The highest BCUT2D eigenvalue weighted by Crippen LogP contribution is 2.07. The average Bonchev–Trinajstić information content (AvgIpc) is 2.18. The topological polar surface area (TPSA) is 56.1 Å². The van der Waals surface area contributed by atoms with Gasteiger partial charge >= 0.3 is 0 Å². The Kier molecular flexibility index (Phi) is 5.18. The molecule has 0 aliphatic rings. The van der Waals surface area contributed by atoms with Crippen LogP contribution in [0, 0.1) is 11.3 Å². The van der Waals surface area contributed by atoms with Gasteiger partial charge in [-0.05, 0) is 27.8 Å². The Hall–Kier alpha value is -1.08. The quantitative estimate of drug-likeness (QED) is 0.707. The number of rotatable bonds is 5. The first-order valence-corrected chi connectivity index (χ1v) is 4.84. The van der Waals surface area contributed by atoms with Crippen molar-refractivity contribution in [3.8, 4) is 6.07 Å². The number of nitriles is 1. The summed E-state index contributed by atoms with van der Waals surface area (Å²) in [5, 5.41) is 11.4. The van der Waals surface area contributed by atoms with Crippen molar-refractivity contribution in [1.29, 1.82) is 5.26 Å². The third-order valence-corrected chi connectivity index (χ3v) is 2.32. The van der Waals surface area contributed by atoms with E-state index in [1.54, 1.807) is 11.9 Å². The number of nitrogens with one attached hydrogen (secondary N) is 1. The minimum atomic E-state index is -0.550. The van der Waals surface area contributed by atoms with Crippen LogP contribution in [0.2, 0.25) is 0 Å². The van der Waals surface area contributed by atoms with Crippen molar-refractivity contribution in [2.24, 2.45) is 0 Å². The maximum atomic E-state index is 11.9. The molecular weight excluding hydrogens is 178 g/mol. The van der Waals surface area contributed by atoms with Crippen molar-refractivity contribution in [2.45, 2.75) is 32.7 Å². The fourth-order valence-corrected chi connectivity index (χ4v) is 1.09. The van der Waals surface area contributed by atoms with E-state index < -0.39 is 5.54 Å². The second-order valence-corrected chi connectivity index (χ2v) is 3.67. The Morgan fingerprint density at radius 1 is 1.57 bits per heavy atom. The van der Waals surface area contributed by atoms with Gasteiger partial charge in [0.15, 0.2) is 0 Å². The maximum absolute atomic E-state index is 11.9. The number of hydrogen-bond donors (Lipinski definition) is 1. The SMILES string of the molecule is CCN(CCC#N)C(=O)C(C)(C)NC. The molecule has 14 heavy (non-hydrogen) atoms. The minimum absolute atomic E-state index is 0.0396. The standard InChI is InChI=1S/C10H19N3O/c1-5-13(8-6-7-11)9(14)10(2,3)12-4/h12H,5-6,8H2,1-4H3. The van der Waals surface area contributed by atoms with Gasteiger partial charge in [-0.15, -0.1) is 0 Å². The molecule has 0 saturated carbocycles. The summed E-state index contributed by atoms with van der Waals surface area (Å²) in [4.78, 5) is 13.6. The van der Waals surface area contributed by atoms with E-state index in [2.05, 4.69) is 5.32 Å². The molecule has 0 unspecified atom stereocenters. The van der Waals surface area contributed by atoms with Gasteiger partial charge in [0.05, 0.1) is 18.0 Å². The monoisotopic (exact) mass is 197 g/mol. The molecule has 0 radical (unpaired) electrons. The number of carbonyl (C=O) groups is 1. The van der Waals surface area contributed by atoms with Crippen molar-refractivity contribution in [2.75, 3.05) is 20.1 Å². The maximum Gasteiger partial charge on any atom is 0.242 e. The molecule has 1 amide bonds. The Balaban J connectivity index is 4.39.